The van der Waals surface area contributed by atoms with Crippen LogP contribution in [0.4, 0.5) is 0 Å². The lowest BCUT2D eigenvalue weighted by Crippen LogP contribution is -2.35. The molecule has 0 amide bonds. The van der Waals surface area contributed by atoms with Gasteiger partial charge in [0.15, 0.2) is 12.1 Å². The van der Waals surface area contributed by atoms with Crippen LogP contribution in [0.25, 0.3) is 0 Å². The van der Waals surface area contributed by atoms with E-state index in [1.807, 2.05) is 13.8 Å². The predicted octanol–water partition coefficient (Wildman–Crippen LogP) is 0.634. The van der Waals surface area contributed by atoms with E-state index in [0.717, 1.165) is 12.8 Å². The molecule has 4 atom stereocenters. The summed E-state index contributed by atoms with van der Waals surface area (Å²) in [6.07, 6.45) is 1.06. The second-order valence-electron chi connectivity index (χ2n) is 4.90. The molecule has 3 fully saturated rings. The van der Waals surface area contributed by atoms with Gasteiger partial charge in [0, 0.05) is 0 Å². The summed E-state index contributed by atoms with van der Waals surface area (Å²) in [5, 5.41) is 9.97. The van der Waals surface area contributed by atoms with Crippen molar-refractivity contribution in [1.29, 1.82) is 0 Å². The van der Waals surface area contributed by atoms with Crippen molar-refractivity contribution in [2.24, 2.45) is 5.92 Å². The Morgan fingerprint density at radius 3 is 2.43 bits per heavy atom. The standard InChI is InChI=1S/C10H16O4/c1-10(2)13-8-6(11)7(5-3-4-5)12-9(8)14-10/h5-9,11H,3-4H2,1-2H3/t6-,7-,8-,9+/m0/s1. The largest absolute Gasteiger partial charge is 0.387 e. The molecule has 1 N–H and O–H groups in total. The maximum absolute atomic E-state index is 9.97. The summed E-state index contributed by atoms with van der Waals surface area (Å²) < 4.78 is 16.8. The lowest BCUT2D eigenvalue weighted by atomic mass is 10.1. The Kier molecular flexibility index (Phi) is 1.75. The molecule has 0 aromatic rings. The molecule has 0 bridgehead atoms. The minimum absolute atomic E-state index is 0.0684. The van der Waals surface area contributed by atoms with Gasteiger partial charge in [0.05, 0.1) is 6.10 Å². The number of fused-ring (bicyclic) bond motifs is 1. The number of hydrogen-bond acceptors (Lipinski definition) is 4. The molecule has 1 saturated carbocycles. The molecule has 0 aromatic heterocycles. The highest BCUT2D eigenvalue weighted by molar-refractivity contribution is 4.98. The molecule has 4 heteroatoms. The third-order valence-corrected chi connectivity index (χ3v) is 3.14. The van der Waals surface area contributed by atoms with E-state index in [2.05, 4.69) is 0 Å². The molecule has 2 aliphatic heterocycles. The summed E-state index contributed by atoms with van der Waals surface area (Å²) in [4.78, 5) is 0. The van der Waals surface area contributed by atoms with Crippen LogP contribution in [-0.2, 0) is 14.2 Å². The molecule has 14 heavy (non-hydrogen) atoms. The first kappa shape index (κ1) is 9.09. The SMILES string of the molecule is CC1(C)O[C@H]2O[C@@H](C3CC3)[C@H](O)[C@@H]2O1. The average Bonchev–Trinajstić information content (AvgIpc) is 2.81. The lowest BCUT2D eigenvalue weighted by molar-refractivity contribution is -0.217. The minimum Gasteiger partial charge on any atom is -0.387 e. The van der Waals surface area contributed by atoms with Crippen molar-refractivity contribution >= 4 is 0 Å². The summed E-state index contributed by atoms with van der Waals surface area (Å²) in [7, 11) is 0. The molecule has 0 unspecified atom stereocenters. The number of aliphatic hydroxyl groups excluding tert-OH is 1. The van der Waals surface area contributed by atoms with Crippen molar-refractivity contribution in [3.63, 3.8) is 0 Å². The van der Waals surface area contributed by atoms with Gasteiger partial charge in [0.2, 0.25) is 0 Å². The Labute approximate surface area is 83.1 Å². The highest BCUT2D eigenvalue weighted by Gasteiger charge is 2.57. The Hall–Kier alpha value is -0.160. The Morgan fingerprint density at radius 2 is 1.86 bits per heavy atom. The number of aliphatic hydroxyl groups is 1. The van der Waals surface area contributed by atoms with Crippen LogP contribution in [0.5, 0.6) is 0 Å². The van der Waals surface area contributed by atoms with Gasteiger partial charge in [-0.15, -0.1) is 0 Å². The maximum atomic E-state index is 9.97. The van der Waals surface area contributed by atoms with Crippen molar-refractivity contribution in [2.45, 2.75) is 57.1 Å². The fourth-order valence-electron chi connectivity index (χ4n) is 2.33. The summed E-state index contributed by atoms with van der Waals surface area (Å²) in [6.45, 7) is 3.68. The van der Waals surface area contributed by atoms with Crippen LogP contribution in [0.15, 0.2) is 0 Å². The van der Waals surface area contributed by atoms with E-state index in [9.17, 15) is 5.11 Å². The summed E-state index contributed by atoms with van der Waals surface area (Å²) >= 11 is 0. The molecule has 3 rings (SSSR count). The van der Waals surface area contributed by atoms with Crippen LogP contribution < -0.4 is 0 Å². The van der Waals surface area contributed by atoms with E-state index in [4.69, 9.17) is 14.2 Å². The number of ether oxygens (including phenoxy) is 3. The smallest absolute Gasteiger partial charge is 0.190 e. The van der Waals surface area contributed by atoms with E-state index >= 15 is 0 Å². The minimum atomic E-state index is -0.620. The van der Waals surface area contributed by atoms with Crippen molar-refractivity contribution in [1.82, 2.24) is 0 Å². The third kappa shape index (κ3) is 1.29. The third-order valence-electron chi connectivity index (χ3n) is 3.14. The molecular formula is C10H16O4. The molecule has 0 aromatic carbocycles. The first-order valence-electron chi connectivity index (χ1n) is 5.26. The van der Waals surface area contributed by atoms with Crippen molar-refractivity contribution in [2.75, 3.05) is 0 Å². The molecule has 80 valence electrons. The molecule has 1 aliphatic carbocycles. The second kappa shape index (κ2) is 2.70. The maximum Gasteiger partial charge on any atom is 0.190 e. The van der Waals surface area contributed by atoms with Gasteiger partial charge >= 0.3 is 0 Å². The van der Waals surface area contributed by atoms with Crippen LogP contribution in [-0.4, -0.2) is 35.5 Å². The van der Waals surface area contributed by atoms with Gasteiger partial charge in [-0.25, -0.2) is 0 Å². The second-order valence-corrected chi connectivity index (χ2v) is 4.90. The van der Waals surface area contributed by atoms with E-state index < -0.39 is 11.9 Å². The molecular weight excluding hydrogens is 184 g/mol. The van der Waals surface area contributed by atoms with E-state index in [-0.39, 0.29) is 18.5 Å². The molecule has 3 aliphatic rings. The summed E-state index contributed by atoms with van der Waals surface area (Å²) in [6, 6.07) is 0. The molecule has 2 heterocycles. The normalized spacial score (nSPS) is 50.8. The van der Waals surface area contributed by atoms with Crippen molar-refractivity contribution in [3.05, 3.63) is 0 Å². The van der Waals surface area contributed by atoms with Gasteiger partial charge in [-0.1, -0.05) is 0 Å². The monoisotopic (exact) mass is 200 g/mol. The zero-order valence-corrected chi connectivity index (χ0v) is 8.47. The number of hydrogen-bond donors (Lipinski definition) is 1. The van der Waals surface area contributed by atoms with Crippen LogP contribution in [0.3, 0.4) is 0 Å². The molecule has 2 saturated heterocycles. The quantitative estimate of drug-likeness (QED) is 0.674. The van der Waals surface area contributed by atoms with E-state index in [0.29, 0.717) is 5.92 Å². The van der Waals surface area contributed by atoms with Crippen LogP contribution in [0.2, 0.25) is 0 Å². The van der Waals surface area contributed by atoms with Gasteiger partial charge in [0.1, 0.15) is 12.2 Å². The van der Waals surface area contributed by atoms with Gasteiger partial charge in [-0.3, -0.25) is 0 Å². The average molecular weight is 200 g/mol. The molecule has 4 nitrogen and oxygen atoms in total. The first-order chi connectivity index (χ1) is 6.57. The highest BCUT2D eigenvalue weighted by Crippen LogP contribution is 2.45. The first-order valence-corrected chi connectivity index (χ1v) is 5.26. The van der Waals surface area contributed by atoms with Crippen LogP contribution in [0.1, 0.15) is 26.7 Å². The zero-order valence-electron chi connectivity index (χ0n) is 8.47. The van der Waals surface area contributed by atoms with Gasteiger partial charge in [-0.2, -0.15) is 0 Å². The Bertz CT molecular complexity index is 247. The van der Waals surface area contributed by atoms with E-state index in [1.165, 1.54) is 0 Å². The van der Waals surface area contributed by atoms with Crippen LogP contribution in [0, 0.1) is 5.92 Å². The number of rotatable bonds is 1. The highest BCUT2D eigenvalue weighted by atomic mass is 16.8. The lowest BCUT2D eigenvalue weighted by Gasteiger charge is -2.22. The van der Waals surface area contributed by atoms with Crippen molar-refractivity contribution in [3.8, 4) is 0 Å². The summed E-state index contributed by atoms with van der Waals surface area (Å²) in [5.74, 6) is -0.101. The Morgan fingerprint density at radius 1 is 1.14 bits per heavy atom. The van der Waals surface area contributed by atoms with Gasteiger partial charge in [0.25, 0.3) is 0 Å². The van der Waals surface area contributed by atoms with Crippen LogP contribution >= 0.6 is 0 Å². The fraction of sp³-hybridized carbons (Fsp3) is 1.00. The zero-order chi connectivity index (χ0) is 9.92. The van der Waals surface area contributed by atoms with Gasteiger partial charge < -0.3 is 19.3 Å². The fourth-order valence-corrected chi connectivity index (χ4v) is 2.33. The van der Waals surface area contributed by atoms with Gasteiger partial charge in [-0.05, 0) is 32.6 Å². The predicted molar refractivity (Wildman–Crippen MR) is 47.4 cm³/mol. The summed E-state index contributed by atoms with van der Waals surface area (Å²) in [5.41, 5.74) is 0. The van der Waals surface area contributed by atoms with E-state index in [1.54, 1.807) is 0 Å². The topological polar surface area (TPSA) is 47.9 Å². The molecule has 0 spiro atoms. The molecule has 0 radical (unpaired) electrons. The van der Waals surface area contributed by atoms with Crippen molar-refractivity contribution < 1.29 is 19.3 Å². The Balaban J connectivity index is 1.74.